The Balaban J connectivity index is 1.97. The summed E-state index contributed by atoms with van der Waals surface area (Å²) in [6.07, 6.45) is 0. The van der Waals surface area contributed by atoms with Crippen molar-refractivity contribution < 1.29 is 22.9 Å². The van der Waals surface area contributed by atoms with Gasteiger partial charge >= 0.3 is 0 Å². The third-order valence-corrected chi connectivity index (χ3v) is 5.83. The number of hydrogen-bond acceptors (Lipinski definition) is 6. The molecule has 2 aromatic rings. The van der Waals surface area contributed by atoms with Gasteiger partial charge in [0.15, 0.2) is 4.90 Å². The summed E-state index contributed by atoms with van der Waals surface area (Å²) in [6.45, 7) is 3.65. The first-order valence-corrected chi connectivity index (χ1v) is 9.82. The molecule has 0 fully saturated rings. The van der Waals surface area contributed by atoms with Crippen LogP contribution in [-0.2, 0) is 14.8 Å². The molecule has 0 bridgehead atoms. The monoisotopic (exact) mass is 405 g/mol. The van der Waals surface area contributed by atoms with Crippen LogP contribution in [0.5, 0.6) is 5.75 Å². The molecule has 148 valence electrons. The second kappa shape index (κ2) is 6.79. The molecule has 2 aromatic carbocycles. The maximum absolute atomic E-state index is 12.7. The third kappa shape index (κ3) is 3.50. The standard InChI is InChI=1S/C18H19N3O6S/c1-18(2)11-27-15-10-12(8-9-13(15)20(3)17(18)22)19-28(25,26)16-7-5-4-6-14(16)21(23)24/h4-10,19H,11H2,1-3H3. The van der Waals surface area contributed by atoms with Crippen LogP contribution in [0, 0.1) is 15.5 Å². The Kier molecular flexibility index (Phi) is 4.76. The van der Waals surface area contributed by atoms with Gasteiger partial charge in [-0.15, -0.1) is 0 Å². The van der Waals surface area contributed by atoms with Crippen molar-refractivity contribution in [1.29, 1.82) is 0 Å². The topological polar surface area (TPSA) is 119 Å². The summed E-state index contributed by atoms with van der Waals surface area (Å²) in [5.74, 6) is 0.212. The summed E-state index contributed by atoms with van der Waals surface area (Å²) in [5, 5.41) is 11.1. The Morgan fingerprint density at radius 2 is 1.89 bits per heavy atom. The maximum atomic E-state index is 12.7. The first-order valence-electron chi connectivity index (χ1n) is 8.34. The molecule has 0 saturated carbocycles. The van der Waals surface area contributed by atoms with Crippen LogP contribution in [-0.4, -0.2) is 32.9 Å². The second-order valence-corrected chi connectivity index (χ2v) is 8.70. The predicted molar refractivity (Wildman–Crippen MR) is 103 cm³/mol. The minimum absolute atomic E-state index is 0.125. The lowest BCUT2D eigenvalue weighted by Crippen LogP contribution is -2.39. The summed E-state index contributed by atoms with van der Waals surface area (Å²) < 4.78 is 33.4. The zero-order chi connectivity index (χ0) is 20.7. The summed E-state index contributed by atoms with van der Waals surface area (Å²) in [6, 6.07) is 9.56. The Morgan fingerprint density at radius 1 is 1.21 bits per heavy atom. The van der Waals surface area contributed by atoms with E-state index in [1.807, 2.05) is 0 Å². The Labute approximate surface area is 162 Å². The van der Waals surface area contributed by atoms with Gasteiger partial charge in [0.2, 0.25) is 5.91 Å². The Bertz CT molecular complexity index is 1060. The van der Waals surface area contributed by atoms with Gasteiger partial charge in [-0.2, -0.15) is 0 Å². The molecule has 1 amide bonds. The molecule has 1 N–H and O–H groups in total. The van der Waals surface area contributed by atoms with Gasteiger partial charge in [0.05, 0.1) is 21.7 Å². The minimum atomic E-state index is -4.20. The lowest BCUT2D eigenvalue weighted by atomic mass is 9.93. The fourth-order valence-electron chi connectivity index (χ4n) is 2.90. The fraction of sp³-hybridized carbons (Fsp3) is 0.278. The number of nitrogens with one attached hydrogen (secondary N) is 1. The van der Waals surface area contributed by atoms with Crippen molar-refractivity contribution in [1.82, 2.24) is 0 Å². The van der Waals surface area contributed by atoms with Crippen LogP contribution in [0.3, 0.4) is 0 Å². The first kappa shape index (κ1) is 19.6. The number of sulfonamides is 1. The van der Waals surface area contributed by atoms with Crippen LogP contribution in [0.4, 0.5) is 17.1 Å². The maximum Gasteiger partial charge on any atom is 0.289 e. The molecule has 1 heterocycles. The molecular formula is C18H19N3O6S. The number of anilines is 2. The number of amides is 1. The van der Waals surface area contributed by atoms with E-state index in [1.165, 1.54) is 29.2 Å². The van der Waals surface area contributed by atoms with E-state index in [0.717, 1.165) is 12.1 Å². The van der Waals surface area contributed by atoms with Gasteiger partial charge in [0.1, 0.15) is 12.4 Å². The van der Waals surface area contributed by atoms with E-state index in [4.69, 9.17) is 4.74 Å². The lowest BCUT2D eigenvalue weighted by Gasteiger charge is -2.24. The molecule has 0 atom stereocenters. The predicted octanol–water partition coefficient (Wildman–Crippen LogP) is 2.78. The number of nitro benzene ring substituents is 1. The van der Waals surface area contributed by atoms with Gasteiger partial charge in [-0.25, -0.2) is 8.42 Å². The van der Waals surface area contributed by atoms with Gasteiger partial charge < -0.3 is 9.64 Å². The number of nitrogens with zero attached hydrogens (tertiary/aromatic N) is 2. The zero-order valence-electron chi connectivity index (χ0n) is 15.5. The van der Waals surface area contributed by atoms with Crippen LogP contribution < -0.4 is 14.4 Å². The largest absolute Gasteiger partial charge is 0.490 e. The molecule has 0 saturated heterocycles. The van der Waals surface area contributed by atoms with E-state index in [1.54, 1.807) is 27.0 Å². The van der Waals surface area contributed by atoms with E-state index in [0.29, 0.717) is 11.4 Å². The Hall–Kier alpha value is -3.14. The zero-order valence-corrected chi connectivity index (χ0v) is 16.3. The molecule has 10 heteroatoms. The number of para-hydroxylation sites is 1. The highest BCUT2D eigenvalue weighted by Gasteiger charge is 2.36. The smallest absolute Gasteiger partial charge is 0.289 e. The van der Waals surface area contributed by atoms with Gasteiger partial charge in [-0.3, -0.25) is 19.6 Å². The number of rotatable bonds is 4. The number of ether oxygens (including phenoxy) is 1. The molecular weight excluding hydrogens is 386 g/mol. The van der Waals surface area contributed by atoms with Gasteiger partial charge in [-0.1, -0.05) is 12.1 Å². The van der Waals surface area contributed by atoms with Gasteiger partial charge in [0.25, 0.3) is 15.7 Å². The lowest BCUT2D eigenvalue weighted by molar-refractivity contribution is -0.387. The number of benzene rings is 2. The second-order valence-electron chi connectivity index (χ2n) is 7.05. The number of carbonyl (C=O) groups is 1. The van der Waals surface area contributed by atoms with E-state index in [2.05, 4.69) is 4.72 Å². The average Bonchev–Trinajstić information content (AvgIpc) is 2.72. The molecule has 0 radical (unpaired) electrons. The summed E-state index contributed by atoms with van der Waals surface area (Å²) >= 11 is 0. The molecule has 1 aliphatic heterocycles. The summed E-state index contributed by atoms with van der Waals surface area (Å²) in [5.41, 5.74) is -0.590. The molecule has 9 nitrogen and oxygen atoms in total. The third-order valence-electron chi connectivity index (χ3n) is 4.40. The highest BCUT2D eigenvalue weighted by atomic mass is 32.2. The van der Waals surface area contributed by atoms with Crippen LogP contribution in [0.25, 0.3) is 0 Å². The van der Waals surface area contributed by atoms with Crippen molar-refractivity contribution in [2.75, 3.05) is 23.3 Å². The first-order chi connectivity index (χ1) is 13.0. The Morgan fingerprint density at radius 3 is 2.57 bits per heavy atom. The van der Waals surface area contributed by atoms with Crippen molar-refractivity contribution in [3.05, 3.63) is 52.6 Å². The highest BCUT2D eigenvalue weighted by molar-refractivity contribution is 7.92. The van der Waals surface area contributed by atoms with Crippen LogP contribution in [0.2, 0.25) is 0 Å². The average molecular weight is 405 g/mol. The van der Waals surface area contributed by atoms with Crippen LogP contribution >= 0.6 is 0 Å². The molecule has 0 spiro atoms. The fourth-order valence-corrected chi connectivity index (χ4v) is 4.12. The highest BCUT2D eigenvalue weighted by Crippen LogP contribution is 2.38. The van der Waals surface area contributed by atoms with Crippen molar-refractivity contribution >= 4 is 33.0 Å². The van der Waals surface area contributed by atoms with Crippen molar-refractivity contribution in [3.63, 3.8) is 0 Å². The number of carbonyl (C=O) groups excluding carboxylic acids is 1. The summed E-state index contributed by atoms with van der Waals surface area (Å²) in [4.78, 5) is 23.9. The quantitative estimate of drug-likeness (QED) is 0.617. The van der Waals surface area contributed by atoms with E-state index in [-0.39, 0.29) is 18.2 Å². The number of hydrogen-bond donors (Lipinski definition) is 1. The number of nitro groups is 1. The molecule has 0 aromatic heterocycles. The molecule has 0 unspecified atom stereocenters. The van der Waals surface area contributed by atoms with E-state index < -0.39 is 30.9 Å². The molecule has 1 aliphatic rings. The van der Waals surface area contributed by atoms with Crippen LogP contribution in [0.15, 0.2) is 47.4 Å². The van der Waals surface area contributed by atoms with Gasteiger partial charge in [-0.05, 0) is 32.0 Å². The van der Waals surface area contributed by atoms with Crippen molar-refractivity contribution in [2.24, 2.45) is 5.41 Å². The molecule has 28 heavy (non-hydrogen) atoms. The normalized spacial score (nSPS) is 16.0. The molecule has 3 rings (SSSR count). The van der Waals surface area contributed by atoms with Gasteiger partial charge in [0, 0.05) is 19.2 Å². The summed E-state index contributed by atoms with van der Waals surface area (Å²) in [7, 11) is -2.58. The minimum Gasteiger partial charge on any atom is -0.490 e. The number of fused-ring (bicyclic) bond motifs is 1. The molecule has 0 aliphatic carbocycles. The van der Waals surface area contributed by atoms with Crippen LogP contribution in [0.1, 0.15) is 13.8 Å². The SMILES string of the molecule is CN1C(=O)C(C)(C)COc2cc(NS(=O)(=O)c3ccccc3[N+](=O)[O-])ccc21. The van der Waals surface area contributed by atoms with E-state index in [9.17, 15) is 23.3 Å². The van der Waals surface area contributed by atoms with Crippen molar-refractivity contribution in [3.8, 4) is 5.75 Å². The van der Waals surface area contributed by atoms with Crippen molar-refractivity contribution in [2.45, 2.75) is 18.7 Å². The van der Waals surface area contributed by atoms with E-state index >= 15 is 0 Å².